The lowest BCUT2D eigenvalue weighted by atomic mass is 9.88. The number of nitrogens with one attached hydrogen (secondary N) is 1. The Hall–Kier alpha value is -0.810. The zero-order valence-corrected chi connectivity index (χ0v) is 10.2. The molecule has 1 heterocycles. The smallest absolute Gasteiger partial charge is 0.407 e. The first-order chi connectivity index (χ1) is 7.37. The van der Waals surface area contributed by atoms with Gasteiger partial charge in [0.05, 0.1) is 13.2 Å². The van der Waals surface area contributed by atoms with E-state index in [1.807, 2.05) is 20.8 Å². The fourth-order valence-electron chi connectivity index (χ4n) is 1.54. The fraction of sp³-hybridized carbons (Fsp3) is 0.909. The molecule has 1 aliphatic heterocycles. The van der Waals surface area contributed by atoms with Crippen LogP contribution in [0.25, 0.3) is 0 Å². The summed E-state index contributed by atoms with van der Waals surface area (Å²) in [5, 5.41) is 12.0. The maximum Gasteiger partial charge on any atom is 0.407 e. The standard InChI is InChI=1S/C11H21NO4/c1-10(2,3)16-9(14)12-6-11(7-13)4-5-15-8-11/h13H,4-8H2,1-3H3,(H,12,14). The van der Waals surface area contributed by atoms with E-state index in [-0.39, 0.29) is 12.0 Å². The Morgan fingerprint density at radius 3 is 2.69 bits per heavy atom. The van der Waals surface area contributed by atoms with E-state index < -0.39 is 11.7 Å². The highest BCUT2D eigenvalue weighted by atomic mass is 16.6. The molecule has 1 aliphatic rings. The van der Waals surface area contributed by atoms with Crippen molar-refractivity contribution in [1.82, 2.24) is 5.32 Å². The highest BCUT2D eigenvalue weighted by molar-refractivity contribution is 5.67. The lowest BCUT2D eigenvalue weighted by Crippen LogP contribution is -2.42. The zero-order valence-electron chi connectivity index (χ0n) is 10.2. The van der Waals surface area contributed by atoms with Gasteiger partial charge < -0.3 is 19.9 Å². The highest BCUT2D eigenvalue weighted by Crippen LogP contribution is 2.27. The Morgan fingerprint density at radius 1 is 1.56 bits per heavy atom. The molecule has 1 saturated heterocycles. The molecule has 94 valence electrons. The first kappa shape index (κ1) is 13.3. The van der Waals surface area contributed by atoms with Gasteiger partial charge in [-0.1, -0.05) is 0 Å². The maximum absolute atomic E-state index is 11.4. The molecule has 0 radical (unpaired) electrons. The molecular formula is C11H21NO4. The summed E-state index contributed by atoms with van der Waals surface area (Å²) in [4.78, 5) is 11.4. The molecular weight excluding hydrogens is 210 g/mol. The van der Waals surface area contributed by atoms with E-state index in [1.165, 1.54) is 0 Å². The number of ether oxygens (including phenoxy) is 2. The first-order valence-corrected chi connectivity index (χ1v) is 5.52. The van der Waals surface area contributed by atoms with Gasteiger partial charge in [0.25, 0.3) is 0 Å². The van der Waals surface area contributed by atoms with E-state index in [2.05, 4.69) is 5.32 Å². The molecule has 0 aromatic carbocycles. The lowest BCUT2D eigenvalue weighted by Gasteiger charge is -2.26. The Morgan fingerprint density at radius 2 is 2.25 bits per heavy atom. The molecule has 2 N–H and O–H groups in total. The van der Waals surface area contributed by atoms with Crippen LogP contribution in [0.1, 0.15) is 27.2 Å². The van der Waals surface area contributed by atoms with E-state index in [1.54, 1.807) is 0 Å². The number of carbonyl (C=O) groups is 1. The van der Waals surface area contributed by atoms with Crippen molar-refractivity contribution < 1.29 is 19.4 Å². The molecule has 5 heteroatoms. The summed E-state index contributed by atoms with van der Waals surface area (Å²) in [6.07, 6.45) is 0.312. The molecule has 1 unspecified atom stereocenters. The molecule has 16 heavy (non-hydrogen) atoms. The van der Waals surface area contributed by atoms with Crippen molar-refractivity contribution in [2.45, 2.75) is 32.8 Å². The van der Waals surface area contributed by atoms with Crippen molar-refractivity contribution >= 4 is 6.09 Å². The zero-order chi connectivity index (χ0) is 12.2. The lowest BCUT2D eigenvalue weighted by molar-refractivity contribution is 0.0448. The van der Waals surface area contributed by atoms with Crippen molar-refractivity contribution in [3.63, 3.8) is 0 Å². The van der Waals surface area contributed by atoms with Crippen molar-refractivity contribution in [3.8, 4) is 0 Å². The number of hydrogen-bond donors (Lipinski definition) is 2. The number of carbonyl (C=O) groups excluding carboxylic acids is 1. The van der Waals surface area contributed by atoms with Crippen molar-refractivity contribution in [2.24, 2.45) is 5.41 Å². The van der Waals surface area contributed by atoms with E-state index in [0.717, 1.165) is 6.42 Å². The van der Waals surface area contributed by atoms with Gasteiger partial charge in [-0.05, 0) is 27.2 Å². The Labute approximate surface area is 96.1 Å². The van der Waals surface area contributed by atoms with Gasteiger partial charge in [-0.15, -0.1) is 0 Å². The van der Waals surface area contributed by atoms with Gasteiger partial charge in [-0.2, -0.15) is 0 Å². The minimum atomic E-state index is -0.497. The number of alkyl carbamates (subject to hydrolysis) is 1. The largest absolute Gasteiger partial charge is 0.444 e. The van der Waals surface area contributed by atoms with Crippen LogP contribution in [0.3, 0.4) is 0 Å². The summed E-state index contributed by atoms with van der Waals surface area (Å²) in [6.45, 7) is 6.96. The molecule has 0 aromatic rings. The predicted molar refractivity (Wildman–Crippen MR) is 59.2 cm³/mol. The molecule has 0 aliphatic carbocycles. The predicted octanol–water partition coefficient (Wildman–Crippen LogP) is 0.910. The highest BCUT2D eigenvalue weighted by Gasteiger charge is 2.35. The average Bonchev–Trinajstić information content (AvgIpc) is 2.61. The van der Waals surface area contributed by atoms with Gasteiger partial charge in [-0.3, -0.25) is 0 Å². The number of aliphatic hydroxyl groups is 1. The van der Waals surface area contributed by atoms with Gasteiger partial charge in [0, 0.05) is 18.6 Å². The minimum absolute atomic E-state index is 0.0167. The topological polar surface area (TPSA) is 67.8 Å². The molecule has 1 rings (SSSR count). The third-order valence-corrected chi connectivity index (χ3v) is 2.53. The van der Waals surface area contributed by atoms with Crippen molar-refractivity contribution in [1.29, 1.82) is 0 Å². The van der Waals surface area contributed by atoms with Gasteiger partial charge in [0.15, 0.2) is 0 Å². The number of aliphatic hydroxyl groups excluding tert-OH is 1. The number of hydrogen-bond acceptors (Lipinski definition) is 4. The summed E-state index contributed by atoms with van der Waals surface area (Å²) in [5.41, 5.74) is -0.834. The van der Waals surface area contributed by atoms with Gasteiger partial charge in [-0.25, -0.2) is 4.79 Å². The van der Waals surface area contributed by atoms with E-state index >= 15 is 0 Å². The Bertz CT molecular complexity index is 241. The van der Waals surface area contributed by atoms with Crippen LogP contribution in [0, 0.1) is 5.41 Å². The molecule has 5 nitrogen and oxygen atoms in total. The van der Waals surface area contributed by atoms with Crippen LogP contribution in [-0.2, 0) is 9.47 Å². The van der Waals surface area contributed by atoms with E-state index in [9.17, 15) is 9.90 Å². The summed E-state index contributed by atoms with van der Waals surface area (Å²) >= 11 is 0. The number of amides is 1. The Kier molecular flexibility index (Phi) is 4.15. The SMILES string of the molecule is CC(C)(C)OC(=O)NCC1(CO)CCOC1. The van der Waals surface area contributed by atoms with Gasteiger partial charge in [0.1, 0.15) is 5.60 Å². The Balaban J connectivity index is 2.35. The van der Waals surface area contributed by atoms with Gasteiger partial charge >= 0.3 is 6.09 Å². The fourth-order valence-corrected chi connectivity index (χ4v) is 1.54. The maximum atomic E-state index is 11.4. The molecule has 0 aromatic heterocycles. The van der Waals surface area contributed by atoms with Crippen LogP contribution in [0.2, 0.25) is 0 Å². The van der Waals surface area contributed by atoms with Gasteiger partial charge in [0.2, 0.25) is 0 Å². The van der Waals surface area contributed by atoms with Crippen LogP contribution >= 0.6 is 0 Å². The molecule has 0 bridgehead atoms. The second kappa shape index (κ2) is 5.01. The van der Waals surface area contributed by atoms with E-state index in [4.69, 9.17) is 9.47 Å². The molecule has 1 fully saturated rings. The molecule has 0 spiro atoms. The van der Waals surface area contributed by atoms with E-state index in [0.29, 0.717) is 19.8 Å². The monoisotopic (exact) mass is 231 g/mol. The van der Waals surface area contributed by atoms with Crippen molar-refractivity contribution in [2.75, 3.05) is 26.4 Å². The molecule has 1 atom stereocenters. The van der Waals surface area contributed by atoms with Crippen LogP contribution in [0.5, 0.6) is 0 Å². The van der Waals surface area contributed by atoms with Crippen LogP contribution < -0.4 is 5.32 Å². The average molecular weight is 231 g/mol. The number of rotatable bonds is 3. The summed E-state index contributed by atoms with van der Waals surface area (Å²) in [7, 11) is 0. The molecule has 0 saturated carbocycles. The summed E-state index contributed by atoms with van der Waals surface area (Å²) in [6, 6.07) is 0. The van der Waals surface area contributed by atoms with Crippen LogP contribution in [-0.4, -0.2) is 43.2 Å². The van der Waals surface area contributed by atoms with Crippen LogP contribution in [0.15, 0.2) is 0 Å². The quantitative estimate of drug-likeness (QED) is 0.757. The summed E-state index contributed by atoms with van der Waals surface area (Å²) < 4.78 is 10.3. The van der Waals surface area contributed by atoms with Crippen LogP contribution in [0.4, 0.5) is 4.79 Å². The second-order valence-electron chi connectivity index (χ2n) is 5.32. The van der Waals surface area contributed by atoms with Crippen molar-refractivity contribution in [3.05, 3.63) is 0 Å². The minimum Gasteiger partial charge on any atom is -0.444 e. The normalized spacial score (nSPS) is 25.5. The summed E-state index contributed by atoms with van der Waals surface area (Å²) in [5.74, 6) is 0. The molecule has 1 amide bonds. The second-order valence-corrected chi connectivity index (χ2v) is 5.32. The third kappa shape index (κ3) is 3.98. The third-order valence-electron chi connectivity index (χ3n) is 2.53. The first-order valence-electron chi connectivity index (χ1n) is 5.52.